The summed E-state index contributed by atoms with van der Waals surface area (Å²) in [6.07, 6.45) is 0. The molecule has 0 aliphatic heterocycles. The summed E-state index contributed by atoms with van der Waals surface area (Å²) >= 11 is 0. The Morgan fingerprint density at radius 2 is 0.550 bits per heavy atom. The molecule has 19 rings (SSSR count). The van der Waals surface area contributed by atoms with Crippen molar-refractivity contribution in [1.29, 1.82) is 0 Å². The van der Waals surface area contributed by atoms with Gasteiger partial charge in [-0.25, -0.2) is 38.7 Å². The van der Waals surface area contributed by atoms with Gasteiger partial charge in [-0.3, -0.25) is 0 Å². The fourth-order valence-electron chi connectivity index (χ4n) is 15.7. The van der Waals surface area contributed by atoms with Crippen molar-refractivity contribution in [2.45, 2.75) is 20.8 Å². The lowest BCUT2D eigenvalue weighted by molar-refractivity contribution is 0.628. The van der Waals surface area contributed by atoms with Crippen molar-refractivity contribution in [3.8, 4) is 146 Å². The van der Waals surface area contributed by atoms with E-state index >= 15 is 8.78 Å². The average Bonchev–Trinajstić information content (AvgIpc) is 1.58. The predicted octanol–water partition coefficient (Wildman–Crippen LogP) is 25.5. The number of aryl methyl sites for hydroxylation is 3. The molecule has 4 heterocycles. The van der Waals surface area contributed by atoms with Crippen LogP contribution in [-0.4, -0.2) is 39.0 Å². The topological polar surface area (TPSA) is 87.2 Å². The number of hydrogen-bond donors (Lipinski definition) is 0. The monoisotopic (exact) mass is 1400 g/mol. The van der Waals surface area contributed by atoms with Crippen LogP contribution >= 0.6 is 0 Å². The predicted molar refractivity (Wildman–Crippen MR) is 441 cm³/mol. The number of nitrogens with zero attached hydrogens (tertiary/aromatic N) is 8. The lowest BCUT2D eigenvalue weighted by Crippen LogP contribution is -2.04. The Hall–Kier alpha value is -14.2. The molecular formula is C99H66F2N8. The molecule has 0 unspecified atom stereocenters. The molecule has 0 spiro atoms. The van der Waals surface area contributed by atoms with Crippen LogP contribution in [0.3, 0.4) is 0 Å². The van der Waals surface area contributed by atoms with E-state index in [1.54, 1.807) is 24.3 Å². The molecule has 0 aliphatic carbocycles. The molecule has 0 fully saturated rings. The summed E-state index contributed by atoms with van der Waals surface area (Å²) in [6.45, 7) is 6.46. The Balaban J connectivity index is 0.782. The van der Waals surface area contributed by atoms with Gasteiger partial charge in [0, 0.05) is 54.9 Å². The van der Waals surface area contributed by atoms with Crippen molar-refractivity contribution in [2.75, 3.05) is 0 Å². The lowest BCUT2D eigenvalue weighted by Gasteiger charge is -2.18. The maximum atomic E-state index is 16.5. The first-order valence-corrected chi connectivity index (χ1v) is 36.5. The zero-order valence-corrected chi connectivity index (χ0v) is 59.7. The van der Waals surface area contributed by atoms with Gasteiger partial charge in [0.2, 0.25) is 0 Å². The van der Waals surface area contributed by atoms with Gasteiger partial charge in [-0.05, 0) is 189 Å². The van der Waals surface area contributed by atoms with Gasteiger partial charge in [0.25, 0.3) is 0 Å². The lowest BCUT2D eigenvalue weighted by atomic mass is 9.90. The minimum absolute atomic E-state index is 0.326. The van der Waals surface area contributed by atoms with Gasteiger partial charge in [-0.15, -0.1) is 0 Å². The van der Waals surface area contributed by atoms with Crippen molar-refractivity contribution >= 4 is 43.6 Å². The van der Waals surface area contributed by atoms with Crippen molar-refractivity contribution in [1.82, 2.24) is 39.0 Å². The van der Waals surface area contributed by atoms with E-state index < -0.39 is 0 Å². The molecule has 19 aromatic rings. The summed E-state index contributed by atoms with van der Waals surface area (Å²) in [5.74, 6) is 2.45. The number of halogens is 2. The Bertz CT molecular complexity index is 6670. The van der Waals surface area contributed by atoms with Crippen molar-refractivity contribution in [3.63, 3.8) is 0 Å². The molecule has 0 aliphatic rings. The molecule has 0 atom stereocenters. The first-order valence-electron chi connectivity index (χ1n) is 36.5. The third kappa shape index (κ3) is 12.1. The number of rotatable bonds is 14. The second kappa shape index (κ2) is 27.4. The van der Waals surface area contributed by atoms with E-state index in [9.17, 15) is 0 Å². The summed E-state index contributed by atoms with van der Waals surface area (Å²) in [5, 5.41) is 4.24. The summed E-state index contributed by atoms with van der Waals surface area (Å²) in [5.41, 5.74) is 25.2. The fraction of sp³-hybridized carbons (Fsp3) is 0.0303. The normalized spacial score (nSPS) is 11.5. The second-order valence-corrected chi connectivity index (χ2v) is 27.8. The molecule has 10 heteroatoms. The van der Waals surface area contributed by atoms with Gasteiger partial charge in [-0.2, -0.15) is 0 Å². The summed E-state index contributed by atoms with van der Waals surface area (Å²) in [6, 6.07) is 117. The molecule has 0 N–H and O–H groups in total. The average molecular weight is 1410 g/mol. The van der Waals surface area contributed by atoms with E-state index in [4.69, 9.17) is 29.9 Å². The molecule has 0 radical (unpaired) electrons. The third-order valence-corrected chi connectivity index (χ3v) is 21.0. The van der Waals surface area contributed by atoms with Crippen LogP contribution in [0.15, 0.2) is 346 Å². The van der Waals surface area contributed by atoms with Crippen LogP contribution in [0.5, 0.6) is 0 Å². The van der Waals surface area contributed by atoms with Gasteiger partial charge in [-0.1, -0.05) is 261 Å². The van der Waals surface area contributed by atoms with Crippen LogP contribution in [0.1, 0.15) is 16.7 Å². The molecule has 4 aromatic heterocycles. The van der Waals surface area contributed by atoms with Gasteiger partial charge in [0.15, 0.2) is 34.9 Å². The Morgan fingerprint density at radius 1 is 0.193 bits per heavy atom. The number of fused-ring (bicyclic) bond motifs is 6. The van der Waals surface area contributed by atoms with Gasteiger partial charge in [0.1, 0.15) is 11.6 Å². The van der Waals surface area contributed by atoms with Crippen LogP contribution < -0.4 is 0 Å². The van der Waals surface area contributed by atoms with Crippen molar-refractivity contribution in [3.05, 3.63) is 374 Å². The van der Waals surface area contributed by atoms with Crippen LogP contribution in [-0.2, 0) is 0 Å². The van der Waals surface area contributed by atoms with Crippen molar-refractivity contribution in [2.24, 2.45) is 0 Å². The van der Waals surface area contributed by atoms with Gasteiger partial charge in [0.05, 0.1) is 33.4 Å². The van der Waals surface area contributed by atoms with Crippen molar-refractivity contribution < 1.29 is 8.78 Å². The Morgan fingerprint density at radius 3 is 1.07 bits per heavy atom. The van der Waals surface area contributed by atoms with E-state index in [0.29, 0.717) is 34.9 Å². The molecule has 0 bridgehead atoms. The largest absolute Gasteiger partial charge is 0.308 e. The minimum atomic E-state index is -0.358. The number of para-hydroxylation sites is 1. The zero-order chi connectivity index (χ0) is 73.2. The maximum absolute atomic E-state index is 16.5. The Labute approximate surface area is 629 Å². The van der Waals surface area contributed by atoms with E-state index in [1.807, 2.05) is 140 Å². The van der Waals surface area contributed by atoms with E-state index in [0.717, 1.165) is 166 Å². The number of hydrogen-bond acceptors (Lipinski definition) is 6. The molecule has 15 aromatic carbocycles. The zero-order valence-electron chi connectivity index (χ0n) is 59.7. The van der Waals surface area contributed by atoms with E-state index in [2.05, 4.69) is 206 Å². The maximum Gasteiger partial charge on any atom is 0.166 e. The number of benzene rings is 15. The summed E-state index contributed by atoms with van der Waals surface area (Å²) in [7, 11) is 0. The van der Waals surface area contributed by atoms with E-state index in [1.165, 1.54) is 11.6 Å². The molecular weight excluding hydrogens is 1340 g/mol. The smallest absolute Gasteiger partial charge is 0.166 e. The van der Waals surface area contributed by atoms with Crippen LogP contribution in [0.25, 0.3) is 190 Å². The molecule has 109 heavy (non-hydrogen) atoms. The van der Waals surface area contributed by atoms with E-state index in [-0.39, 0.29) is 11.6 Å². The summed E-state index contributed by atoms with van der Waals surface area (Å²) in [4.78, 5) is 31.5. The molecule has 516 valence electrons. The standard InChI is InChI=1S/C99H66F2N8/c1-61-23-16-18-35-77(61)71-43-51-89-86(55-71)87-56-72(44-52-90(87)108(89)92-57-69(68-33-22-34-75(100)54-68)39-48-83(92)98-104-94(64-25-8-4-9-26-64)102-95(105-98)65-27-10-5-11-28-65)79-46-40-70(53-63(79)3)80-50-45-76(101)60-85(80)74-42-49-84(99-106-96(66-29-12-6-13-30-66)103-97(107-99)67-31-14-7-15-32-67)93(59-74)109-88-38-21-20-37-81(88)82-47-41-73(58-91(82)109)78-36-19-17-24-62(78)2/h4-60H,1-3H3. The molecule has 0 amide bonds. The molecule has 8 nitrogen and oxygen atoms in total. The SMILES string of the molecule is Cc1ccccc1-c1ccc2c(c1)c1cc(-c3ccc(-c4ccc(F)cc4-c4ccc(-c5nc(-c6ccccc6)nc(-c6ccccc6)n5)c(-n5c6ccccc6c6ccc(-c7ccccc7C)cc65)c4)cc3C)ccc1n2-c1cc(-c2cccc(F)c2)ccc1-c1nc(-c2ccccc2)nc(-c2ccccc2)n1. The highest BCUT2D eigenvalue weighted by atomic mass is 19.1. The quantitative estimate of drug-likeness (QED) is 0.108. The highest BCUT2D eigenvalue weighted by Gasteiger charge is 2.26. The highest BCUT2D eigenvalue weighted by Crippen LogP contribution is 2.46. The van der Waals surface area contributed by atoms with Crippen LogP contribution in [0, 0.1) is 32.4 Å². The minimum Gasteiger partial charge on any atom is -0.308 e. The first-order chi connectivity index (χ1) is 53.6. The Kier molecular flexibility index (Phi) is 16.4. The van der Waals surface area contributed by atoms with Gasteiger partial charge < -0.3 is 9.13 Å². The fourth-order valence-corrected chi connectivity index (χ4v) is 15.7. The second-order valence-electron chi connectivity index (χ2n) is 27.8. The summed E-state index contributed by atoms with van der Waals surface area (Å²) < 4.78 is 36.5. The van der Waals surface area contributed by atoms with Crippen LogP contribution in [0.4, 0.5) is 8.78 Å². The van der Waals surface area contributed by atoms with Gasteiger partial charge >= 0.3 is 0 Å². The molecule has 0 saturated heterocycles. The first kappa shape index (κ1) is 65.5. The molecule has 0 saturated carbocycles. The third-order valence-electron chi connectivity index (χ3n) is 21.0. The van der Waals surface area contributed by atoms with Crippen LogP contribution in [0.2, 0.25) is 0 Å². The highest BCUT2D eigenvalue weighted by molar-refractivity contribution is 6.13. The number of aromatic nitrogens is 8.